The quantitative estimate of drug-likeness (QED) is 0.557. The van der Waals surface area contributed by atoms with Crippen LogP contribution in [0.2, 0.25) is 0 Å². The maximum absolute atomic E-state index is 11.6. The number of thiophene rings is 1. The third-order valence-corrected chi connectivity index (χ3v) is 2.93. The van der Waals surface area contributed by atoms with Gasteiger partial charge in [-0.3, -0.25) is 14.4 Å². The van der Waals surface area contributed by atoms with Gasteiger partial charge in [-0.1, -0.05) is 0 Å². The van der Waals surface area contributed by atoms with Gasteiger partial charge in [-0.25, -0.2) is 0 Å². The van der Waals surface area contributed by atoms with Gasteiger partial charge in [0.1, 0.15) is 0 Å². The Kier molecular flexibility index (Phi) is 2.64. The molecule has 0 bridgehead atoms. The highest BCUT2D eigenvalue weighted by Gasteiger charge is 2.40. The fourth-order valence-electron chi connectivity index (χ4n) is 1.45. The molecule has 0 radical (unpaired) electrons. The third kappa shape index (κ3) is 1.97. The number of hydrogen-bond donors (Lipinski definition) is 0. The molecule has 78 valence electrons. The number of Topliss-reactive ketones (excluding diaryl/α,β-unsaturated/α-hetero) is 2. The van der Waals surface area contributed by atoms with Gasteiger partial charge in [0.15, 0.2) is 24.1 Å². The van der Waals surface area contributed by atoms with Crippen molar-refractivity contribution >= 4 is 28.9 Å². The predicted octanol–water partition coefficient (Wildman–Crippen LogP) is 0.602. The van der Waals surface area contributed by atoms with Gasteiger partial charge in [-0.2, -0.15) is 11.3 Å². The Morgan fingerprint density at radius 2 is 2.33 bits per heavy atom. The molecule has 5 heteroatoms. The highest BCUT2D eigenvalue weighted by atomic mass is 32.1. The molecule has 2 rings (SSSR count). The minimum atomic E-state index is -1.19. The van der Waals surface area contributed by atoms with Crippen molar-refractivity contribution in [1.82, 2.24) is 0 Å². The molecule has 1 atom stereocenters. The largest absolute Gasteiger partial charge is 0.457 e. The second-order valence-electron chi connectivity index (χ2n) is 3.28. The normalized spacial score (nSPS) is 20.4. The number of hydrogen-bond acceptors (Lipinski definition) is 5. The SMILES string of the molecule is O=C1COC(=O)C1C(=O)Cc1ccsc1. The molecule has 1 aliphatic rings. The Balaban J connectivity index is 2.08. The van der Waals surface area contributed by atoms with Gasteiger partial charge in [0.2, 0.25) is 0 Å². The maximum Gasteiger partial charge on any atom is 0.324 e. The van der Waals surface area contributed by atoms with Crippen LogP contribution in [0.15, 0.2) is 16.8 Å². The Labute approximate surface area is 89.9 Å². The van der Waals surface area contributed by atoms with Crippen LogP contribution in [0.1, 0.15) is 5.56 Å². The number of esters is 1. The van der Waals surface area contributed by atoms with Crippen LogP contribution in [-0.4, -0.2) is 24.1 Å². The molecule has 2 heterocycles. The smallest absolute Gasteiger partial charge is 0.324 e. The van der Waals surface area contributed by atoms with E-state index in [0.717, 1.165) is 5.56 Å². The van der Waals surface area contributed by atoms with Crippen molar-refractivity contribution in [3.05, 3.63) is 22.4 Å². The average Bonchev–Trinajstić information content (AvgIpc) is 2.77. The first-order valence-corrected chi connectivity index (χ1v) is 5.36. The summed E-state index contributed by atoms with van der Waals surface area (Å²) in [6.45, 7) is -0.265. The first kappa shape index (κ1) is 10.0. The summed E-state index contributed by atoms with van der Waals surface area (Å²) >= 11 is 1.47. The fraction of sp³-hybridized carbons (Fsp3) is 0.300. The highest BCUT2D eigenvalue weighted by molar-refractivity contribution is 7.08. The van der Waals surface area contributed by atoms with E-state index < -0.39 is 17.7 Å². The Morgan fingerprint density at radius 3 is 2.87 bits per heavy atom. The van der Waals surface area contributed by atoms with Crippen molar-refractivity contribution in [2.24, 2.45) is 5.92 Å². The third-order valence-electron chi connectivity index (χ3n) is 2.19. The maximum atomic E-state index is 11.6. The zero-order chi connectivity index (χ0) is 10.8. The molecule has 1 aliphatic heterocycles. The van der Waals surface area contributed by atoms with Gasteiger partial charge < -0.3 is 4.74 Å². The lowest BCUT2D eigenvalue weighted by atomic mass is 9.97. The number of rotatable bonds is 3. The molecular weight excluding hydrogens is 216 g/mol. The molecule has 1 saturated heterocycles. The minimum Gasteiger partial charge on any atom is -0.457 e. The van der Waals surface area contributed by atoms with Crippen LogP contribution < -0.4 is 0 Å². The van der Waals surface area contributed by atoms with Crippen LogP contribution in [-0.2, 0) is 25.5 Å². The number of ketones is 2. The summed E-state index contributed by atoms with van der Waals surface area (Å²) in [5.41, 5.74) is 0.831. The molecule has 0 spiro atoms. The molecular formula is C10H8O4S. The van der Waals surface area contributed by atoms with E-state index in [2.05, 4.69) is 4.74 Å². The standard InChI is InChI=1S/C10H8O4S/c11-7(3-6-1-2-15-5-6)9-8(12)4-14-10(9)13/h1-2,5,9H,3-4H2. The van der Waals surface area contributed by atoms with Gasteiger partial charge in [0, 0.05) is 6.42 Å². The van der Waals surface area contributed by atoms with Gasteiger partial charge in [-0.15, -0.1) is 0 Å². The fourth-order valence-corrected chi connectivity index (χ4v) is 2.12. The van der Waals surface area contributed by atoms with Crippen LogP contribution in [0.5, 0.6) is 0 Å². The summed E-state index contributed by atoms with van der Waals surface area (Å²) in [6, 6.07) is 1.80. The van der Waals surface area contributed by atoms with Gasteiger partial charge in [0.25, 0.3) is 0 Å². The van der Waals surface area contributed by atoms with Gasteiger partial charge in [0.05, 0.1) is 0 Å². The first-order chi connectivity index (χ1) is 7.18. The molecule has 1 unspecified atom stereocenters. The van der Waals surface area contributed by atoms with E-state index in [1.54, 1.807) is 6.07 Å². The lowest BCUT2D eigenvalue weighted by Gasteiger charge is -2.01. The highest BCUT2D eigenvalue weighted by Crippen LogP contribution is 2.16. The Bertz CT molecular complexity index is 391. The van der Waals surface area contributed by atoms with E-state index in [4.69, 9.17) is 0 Å². The zero-order valence-corrected chi connectivity index (χ0v) is 8.58. The number of carbonyl (C=O) groups is 3. The van der Waals surface area contributed by atoms with E-state index in [0.29, 0.717) is 0 Å². The summed E-state index contributed by atoms with van der Waals surface area (Å²) in [5, 5.41) is 3.67. The van der Waals surface area contributed by atoms with E-state index in [9.17, 15) is 14.4 Å². The monoisotopic (exact) mass is 224 g/mol. The molecule has 0 aliphatic carbocycles. The summed E-state index contributed by atoms with van der Waals surface area (Å²) in [6.07, 6.45) is 0.120. The van der Waals surface area contributed by atoms with Crippen molar-refractivity contribution in [2.75, 3.05) is 6.61 Å². The lowest BCUT2D eigenvalue weighted by molar-refractivity contribution is -0.144. The van der Waals surface area contributed by atoms with Crippen molar-refractivity contribution < 1.29 is 19.1 Å². The number of ether oxygens (including phenoxy) is 1. The van der Waals surface area contributed by atoms with Crippen LogP contribution in [0.3, 0.4) is 0 Å². The van der Waals surface area contributed by atoms with Crippen LogP contribution in [0.4, 0.5) is 0 Å². The molecule has 15 heavy (non-hydrogen) atoms. The van der Waals surface area contributed by atoms with E-state index in [-0.39, 0.29) is 18.8 Å². The van der Waals surface area contributed by atoms with Crippen molar-refractivity contribution in [1.29, 1.82) is 0 Å². The number of carbonyl (C=O) groups excluding carboxylic acids is 3. The Hall–Kier alpha value is -1.49. The second kappa shape index (κ2) is 3.94. The van der Waals surface area contributed by atoms with Crippen LogP contribution >= 0.6 is 11.3 Å². The Morgan fingerprint density at radius 1 is 1.53 bits per heavy atom. The van der Waals surface area contributed by atoms with E-state index >= 15 is 0 Å². The topological polar surface area (TPSA) is 60.4 Å². The molecule has 1 aromatic rings. The molecule has 1 aromatic heterocycles. The van der Waals surface area contributed by atoms with Crippen LogP contribution in [0.25, 0.3) is 0 Å². The lowest BCUT2D eigenvalue weighted by Crippen LogP contribution is -2.27. The molecule has 1 fully saturated rings. The predicted molar refractivity (Wildman–Crippen MR) is 52.5 cm³/mol. The van der Waals surface area contributed by atoms with Crippen molar-refractivity contribution in [3.63, 3.8) is 0 Å². The number of cyclic esters (lactones) is 1. The first-order valence-electron chi connectivity index (χ1n) is 4.41. The average molecular weight is 224 g/mol. The van der Waals surface area contributed by atoms with E-state index in [1.807, 2.05) is 10.8 Å². The summed E-state index contributed by atoms with van der Waals surface area (Å²) in [4.78, 5) is 33.9. The van der Waals surface area contributed by atoms with Crippen LogP contribution in [0, 0.1) is 5.92 Å². The molecule has 0 aromatic carbocycles. The van der Waals surface area contributed by atoms with Gasteiger partial charge in [-0.05, 0) is 22.4 Å². The van der Waals surface area contributed by atoms with Crippen molar-refractivity contribution in [3.8, 4) is 0 Å². The summed E-state index contributed by atoms with van der Waals surface area (Å²) in [5.74, 6) is -2.70. The van der Waals surface area contributed by atoms with Crippen molar-refractivity contribution in [2.45, 2.75) is 6.42 Å². The van der Waals surface area contributed by atoms with E-state index in [1.165, 1.54) is 11.3 Å². The molecule has 0 N–H and O–H groups in total. The summed E-state index contributed by atoms with van der Waals surface area (Å²) < 4.78 is 4.51. The molecule has 0 amide bonds. The molecule has 4 nitrogen and oxygen atoms in total. The summed E-state index contributed by atoms with van der Waals surface area (Å²) in [7, 11) is 0. The molecule has 0 saturated carbocycles. The van der Waals surface area contributed by atoms with Gasteiger partial charge >= 0.3 is 5.97 Å². The minimum absolute atomic E-state index is 0.120. The zero-order valence-electron chi connectivity index (χ0n) is 7.76. The second-order valence-corrected chi connectivity index (χ2v) is 4.06.